The summed E-state index contributed by atoms with van der Waals surface area (Å²) >= 11 is 0. The number of anilines is 3. The van der Waals surface area contributed by atoms with E-state index in [2.05, 4.69) is 50.7 Å². The van der Waals surface area contributed by atoms with Crippen molar-refractivity contribution in [1.82, 2.24) is 15.2 Å². The van der Waals surface area contributed by atoms with Gasteiger partial charge in [0.15, 0.2) is 5.82 Å². The highest BCUT2D eigenvalue weighted by Crippen LogP contribution is 2.34. The first-order chi connectivity index (χ1) is 17.2. The second-order valence-corrected chi connectivity index (χ2v) is 9.99. The van der Waals surface area contributed by atoms with Crippen molar-refractivity contribution < 1.29 is 5.11 Å². The summed E-state index contributed by atoms with van der Waals surface area (Å²) in [5, 5.41) is 18.8. The Balaban J connectivity index is 1.64. The number of para-hydroxylation sites is 1. The second kappa shape index (κ2) is 10.4. The average molecular weight is 486 g/mol. The van der Waals surface area contributed by atoms with E-state index >= 15 is 0 Å². The Morgan fingerprint density at radius 3 is 2.64 bits per heavy atom. The number of hydrogen-bond acceptors (Lipinski definition) is 8. The lowest BCUT2D eigenvalue weighted by Crippen LogP contribution is -2.58. The zero-order valence-corrected chi connectivity index (χ0v) is 21.4. The van der Waals surface area contributed by atoms with Crippen LogP contribution >= 0.6 is 0 Å². The fourth-order valence-corrected chi connectivity index (χ4v) is 4.75. The number of nitrogens with two attached hydrogens (primary N) is 2. The van der Waals surface area contributed by atoms with Gasteiger partial charge >= 0.3 is 0 Å². The molecule has 0 aliphatic carbocycles. The highest BCUT2D eigenvalue weighted by Gasteiger charge is 2.33. The van der Waals surface area contributed by atoms with E-state index in [1.807, 2.05) is 50.4 Å². The van der Waals surface area contributed by atoms with Crippen LogP contribution in [-0.4, -0.2) is 51.0 Å². The number of rotatable bonds is 5. The van der Waals surface area contributed by atoms with Crippen molar-refractivity contribution in [3.05, 3.63) is 54.4 Å². The molecule has 1 aliphatic rings. The number of phenols is 1. The summed E-state index contributed by atoms with van der Waals surface area (Å²) in [6.45, 7) is 9.73. The summed E-state index contributed by atoms with van der Waals surface area (Å²) in [5.74, 6) is 6.74. The average Bonchev–Trinajstić information content (AvgIpc) is 2.83. The lowest BCUT2D eigenvalue weighted by Gasteiger charge is -2.48. The van der Waals surface area contributed by atoms with Gasteiger partial charge in [-0.15, -0.1) is 10.2 Å². The number of phenolic OH excluding ortho intramolecular Hbond substituents is 1. The Morgan fingerprint density at radius 1 is 1.14 bits per heavy atom. The van der Waals surface area contributed by atoms with Gasteiger partial charge in [0.2, 0.25) is 0 Å². The molecular weight excluding hydrogens is 450 g/mol. The summed E-state index contributed by atoms with van der Waals surface area (Å²) in [4.78, 5) is 9.19. The van der Waals surface area contributed by atoms with Crippen LogP contribution in [0.5, 0.6) is 5.75 Å². The van der Waals surface area contributed by atoms with Gasteiger partial charge in [-0.1, -0.05) is 31.4 Å². The van der Waals surface area contributed by atoms with E-state index in [1.54, 1.807) is 12.1 Å². The number of nitrogens with zero attached hydrogens (tertiary/aromatic N) is 5. The van der Waals surface area contributed by atoms with Crippen LogP contribution < -0.4 is 21.3 Å². The first-order valence-corrected chi connectivity index (χ1v) is 12.4. The highest BCUT2D eigenvalue weighted by molar-refractivity contribution is 5.74. The van der Waals surface area contributed by atoms with Crippen molar-refractivity contribution in [2.45, 2.75) is 58.2 Å². The van der Waals surface area contributed by atoms with Crippen molar-refractivity contribution in [2.75, 3.05) is 28.6 Å². The van der Waals surface area contributed by atoms with Gasteiger partial charge in [-0.2, -0.15) is 0 Å². The van der Waals surface area contributed by atoms with Crippen molar-refractivity contribution in [2.24, 2.45) is 5.73 Å². The Morgan fingerprint density at radius 2 is 1.92 bits per heavy atom. The molecule has 0 amide bonds. The summed E-state index contributed by atoms with van der Waals surface area (Å²) in [6, 6.07) is 13.6. The van der Waals surface area contributed by atoms with Crippen LogP contribution in [0.3, 0.4) is 0 Å². The van der Waals surface area contributed by atoms with Crippen LogP contribution in [0, 0.1) is 11.8 Å². The van der Waals surface area contributed by atoms with Gasteiger partial charge in [0, 0.05) is 42.6 Å². The predicted octanol–water partition coefficient (Wildman–Crippen LogP) is 3.80. The molecule has 1 saturated heterocycles. The van der Waals surface area contributed by atoms with Crippen molar-refractivity contribution in [3.8, 4) is 28.8 Å². The molecule has 3 heterocycles. The third-order valence-electron chi connectivity index (χ3n) is 6.28. The van der Waals surface area contributed by atoms with Crippen LogP contribution in [0.1, 0.15) is 46.2 Å². The minimum Gasteiger partial charge on any atom is -0.507 e. The maximum atomic E-state index is 10.3. The van der Waals surface area contributed by atoms with E-state index in [1.165, 1.54) is 0 Å². The summed E-state index contributed by atoms with van der Waals surface area (Å²) in [6.07, 6.45) is 3.88. The maximum absolute atomic E-state index is 10.3. The van der Waals surface area contributed by atoms with E-state index in [9.17, 15) is 5.11 Å². The monoisotopic (exact) mass is 485 g/mol. The van der Waals surface area contributed by atoms with E-state index in [0.717, 1.165) is 37.3 Å². The molecule has 3 aromatic rings. The van der Waals surface area contributed by atoms with E-state index < -0.39 is 5.54 Å². The molecule has 2 unspecified atom stereocenters. The number of nitrogen functional groups attached to an aromatic ring is 1. The molecule has 8 heteroatoms. The number of benzene rings is 1. The van der Waals surface area contributed by atoms with Crippen LogP contribution in [-0.2, 0) is 0 Å². The molecule has 0 saturated carbocycles. The van der Waals surface area contributed by atoms with Gasteiger partial charge in [-0.25, -0.2) is 4.98 Å². The standard InChI is InChI=1S/C28H35N7O/c1-5-8-22-18-34(25-16-24(32-33-27(25)29)23-9-6-7-10-26(23)36)17-19(2)35(22)21-12-14-31-20(15-21)11-13-28(3,4)30/h6-7,9-10,12,14-16,19,22,36H,5,8,17-18,30H2,1-4H3,(H2,29,33). The molecule has 1 aliphatic heterocycles. The third kappa shape index (κ3) is 5.69. The van der Waals surface area contributed by atoms with Crippen LogP contribution in [0.2, 0.25) is 0 Å². The van der Waals surface area contributed by atoms with Gasteiger partial charge in [0.05, 0.1) is 16.9 Å². The summed E-state index contributed by atoms with van der Waals surface area (Å²) in [7, 11) is 0. The fourth-order valence-electron chi connectivity index (χ4n) is 4.75. The first kappa shape index (κ1) is 25.3. The zero-order valence-electron chi connectivity index (χ0n) is 21.4. The molecule has 36 heavy (non-hydrogen) atoms. The van der Waals surface area contributed by atoms with E-state index in [-0.39, 0.29) is 17.8 Å². The molecule has 1 aromatic carbocycles. The molecule has 2 atom stereocenters. The Bertz CT molecular complexity index is 1270. The Kier molecular flexibility index (Phi) is 7.32. The smallest absolute Gasteiger partial charge is 0.169 e. The molecule has 5 N–H and O–H groups in total. The number of aromatic nitrogens is 3. The van der Waals surface area contributed by atoms with E-state index in [4.69, 9.17) is 11.5 Å². The predicted molar refractivity (Wildman–Crippen MR) is 146 cm³/mol. The SMILES string of the molecule is CCCC1CN(c2cc(-c3ccccc3O)nnc2N)CC(C)N1c1ccnc(C#CC(C)(C)N)c1. The van der Waals surface area contributed by atoms with Crippen molar-refractivity contribution in [3.63, 3.8) is 0 Å². The maximum Gasteiger partial charge on any atom is 0.169 e. The normalized spacial score (nSPS) is 18.0. The minimum atomic E-state index is -0.574. The number of piperazine rings is 1. The van der Waals surface area contributed by atoms with Gasteiger partial charge in [0.1, 0.15) is 11.4 Å². The van der Waals surface area contributed by atoms with Crippen molar-refractivity contribution >= 4 is 17.2 Å². The van der Waals surface area contributed by atoms with Gasteiger partial charge in [-0.3, -0.25) is 0 Å². The highest BCUT2D eigenvalue weighted by atomic mass is 16.3. The molecule has 188 valence electrons. The molecule has 1 fully saturated rings. The molecule has 4 rings (SSSR count). The summed E-state index contributed by atoms with van der Waals surface area (Å²) in [5.41, 5.74) is 15.7. The van der Waals surface area contributed by atoms with Gasteiger partial charge in [-0.05, 0) is 63.4 Å². The lowest BCUT2D eigenvalue weighted by molar-refractivity contribution is 0.432. The van der Waals surface area contributed by atoms with E-state index in [0.29, 0.717) is 22.8 Å². The number of aromatic hydroxyl groups is 1. The number of hydrogen-bond donors (Lipinski definition) is 3. The second-order valence-electron chi connectivity index (χ2n) is 9.99. The van der Waals surface area contributed by atoms with Crippen molar-refractivity contribution in [1.29, 1.82) is 0 Å². The first-order valence-electron chi connectivity index (χ1n) is 12.4. The largest absolute Gasteiger partial charge is 0.507 e. The molecule has 0 radical (unpaired) electrons. The number of pyridine rings is 1. The third-order valence-corrected chi connectivity index (χ3v) is 6.28. The van der Waals surface area contributed by atoms with Crippen LogP contribution in [0.15, 0.2) is 48.7 Å². The summed E-state index contributed by atoms with van der Waals surface area (Å²) < 4.78 is 0. The zero-order chi connectivity index (χ0) is 25.9. The van der Waals surface area contributed by atoms with Gasteiger partial charge < -0.3 is 26.4 Å². The molecule has 2 aromatic heterocycles. The molecule has 8 nitrogen and oxygen atoms in total. The molecule has 0 spiro atoms. The van der Waals surface area contributed by atoms with Crippen LogP contribution in [0.25, 0.3) is 11.3 Å². The minimum absolute atomic E-state index is 0.166. The Hall–Kier alpha value is -3.83. The lowest BCUT2D eigenvalue weighted by atomic mass is 10.00. The Labute approximate surface area is 213 Å². The van der Waals surface area contributed by atoms with Gasteiger partial charge in [0.25, 0.3) is 0 Å². The van der Waals surface area contributed by atoms with Crippen LogP contribution in [0.4, 0.5) is 17.2 Å². The fraction of sp³-hybridized carbons (Fsp3) is 0.393. The molecular formula is C28H35N7O. The molecule has 0 bridgehead atoms. The topological polar surface area (TPSA) is 117 Å². The quantitative estimate of drug-likeness (QED) is 0.467.